The van der Waals surface area contributed by atoms with Gasteiger partial charge in [-0.2, -0.15) is 0 Å². The topological polar surface area (TPSA) is 34.0 Å². The Morgan fingerprint density at radius 2 is 2.05 bits per heavy atom. The molecule has 0 aliphatic heterocycles. The van der Waals surface area contributed by atoms with E-state index in [0.717, 1.165) is 33.9 Å². The summed E-state index contributed by atoms with van der Waals surface area (Å²) < 4.78 is 2.03. The lowest BCUT2D eigenvalue weighted by molar-refractivity contribution is 0.967. The number of anilines is 1. The molecule has 1 aromatic carbocycles. The summed E-state index contributed by atoms with van der Waals surface area (Å²) in [5, 5.41) is 0. The fraction of sp³-hybridized carbons (Fsp3) is 0.250. The minimum atomic E-state index is 0.349. The maximum Gasteiger partial charge on any atom is 0.164 e. The highest BCUT2D eigenvalue weighted by Gasteiger charge is 2.14. The Balaban J connectivity index is 2.28. The molecule has 0 aliphatic carbocycles. The molecule has 0 fully saturated rings. The number of alkyl halides is 1. The fourth-order valence-corrected chi connectivity index (χ4v) is 2.59. The first-order valence-electron chi connectivity index (χ1n) is 6.78. The van der Waals surface area contributed by atoms with Crippen molar-refractivity contribution in [2.75, 3.05) is 19.0 Å². The third kappa shape index (κ3) is 2.36. The highest BCUT2D eigenvalue weighted by atomic mass is 35.5. The van der Waals surface area contributed by atoms with E-state index in [1.165, 1.54) is 0 Å². The van der Waals surface area contributed by atoms with Gasteiger partial charge in [-0.1, -0.05) is 6.07 Å². The normalized spacial score (nSPS) is 11.0. The van der Waals surface area contributed by atoms with Crippen LogP contribution in [0.2, 0.25) is 0 Å². The lowest BCUT2D eigenvalue weighted by Crippen LogP contribution is -2.09. The number of aromatic nitrogens is 3. The van der Waals surface area contributed by atoms with E-state index >= 15 is 0 Å². The molecule has 2 heterocycles. The number of rotatable bonds is 3. The summed E-state index contributed by atoms with van der Waals surface area (Å²) in [6.45, 7) is 2.04. The van der Waals surface area contributed by atoms with E-state index in [4.69, 9.17) is 11.6 Å². The van der Waals surface area contributed by atoms with Crippen molar-refractivity contribution in [3.8, 4) is 5.69 Å². The minimum absolute atomic E-state index is 0.349. The average molecular weight is 301 g/mol. The van der Waals surface area contributed by atoms with E-state index in [1.807, 2.05) is 50.0 Å². The van der Waals surface area contributed by atoms with Crippen molar-refractivity contribution in [1.82, 2.24) is 14.5 Å². The zero-order chi connectivity index (χ0) is 15.0. The van der Waals surface area contributed by atoms with Crippen LogP contribution in [-0.2, 0) is 5.88 Å². The van der Waals surface area contributed by atoms with Crippen LogP contribution >= 0.6 is 11.6 Å². The van der Waals surface area contributed by atoms with Gasteiger partial charge < -0.3 is 4.90 Å². The second-order valence-electron chi connectivity index (χ2n) is 5.21. The number of fused-ring (bicyclic) bond motifs is 1. The summed E-state index contributed by atoms with van der Waals surface area (Å²) in [4.78, 5) is 11.2. The Morgan fingerprint density at radius 3 is 2.76 bits per heavy atom. The van der Waals surface area contributed by atoms with Crippen molar-refractivity contribution in [2.24, 2.45) is 0 Å². The number of hydrogen-bond donors (Lipinski definition) is 0. The lowest BCUT2D eigenvalue weighted by Gasteiger charge is -2.15. The number of pyridine rings is 1. The van der Waals surface area contributed by atoms with Crippen LogP contribution in [0.15, 0.2) is 36.5 Å². The molecule has 0 aliphatic rings. The minimum Gasteiger partial charge on any atom is -0.378 e. The zero-order valence-corrected chi connectivity index (χ0v) is 13.1. The molecule has 0 unspecified atom stereocenters. The van der Waals surface area contributed by atoms with Crippen LogP contribution in [0.1, 0.15) is 11.4 Å². The Hall–Kier alpha value is -2.07. The fourth-order valence-electron chi connectivity index (χ4n) is 2.41. The van der Waals surface area contributed by atoms with Gasteiger partial charge in [0.1, 0.15) is 11.3 Å². The van der Waals surface area contributed by atoms with Gasteiger partial charge in [0.05, 0.1) is 11.6 Å². The van der Waals surface area contributed by atoms with E-state index in [-0.39, 0.29) is 0 Å². The van der Waals surface area contributed by atoms with Crippen molar-refractivity contribution in [3.05, 3.63) is 47.9 Å². The molecule has 2 aromatic heterocycles. The molecule has 108 valence electrons. The second-order valence-corrected chi connectivity index (χ2v) is 5.48. The van der Waals surface area contributed by atoms with E-state index in [1.54, 1.807) is 0 Å². The standard InChI is InChI=1S/C16H17ClN4/c1-11-7-8-18-16-15(11)19-14(10-17)21(16)13-6-4-5-12(9-13)20(2)3/h4-9H,10H2,1-3H3. The SMILES string of the molecule is Cc1ccnc2c1nc(CCl)n2-c1cccc(N(C)C)c1. The van der Waals surface area contributed by atoms with Gasteiger partial charge in [-0.05, 0) is 36.8 Å². The van der Waals surface area contributed by atoms with Gasteiger partial charge in [-0.3, -0.25) is 4.57 Å². The van der Waals surface area contributed by atoms with Gasteiger partial charge in [0, 0.05) is 26.0 Å². The Morgan fingerprint density at radius 1 is 1.24 bits per heavy atom. The quantitative estimate of drug-likeness (QED) is 0.694. The summed E-state index contributed by atoms with van der Waals surface area (Å²) in [5.41, 5.74) is 5.01. The predicted octanol–water partition coefficient (Wildman–Crippen LogP) is 3.53. The summed E-state index contributed by atoms with van der Waals surface area (Å²) >= 11 is 6.09. The predicted molar refractivity (Wildman–Crippen MR) is 87.5 cm³/mol. The smallest absolute Gasteiger partial charge is 0.164 e. The van der Waals surface area contributed by atoms with Crippen LogP contribution < -0.4 is 4.90 Å². The first kappa shape index (κ1) is 13.9. The average Bonchev–Trinajstić information content (AvgIpc) is 2.87. The first-order valence-corrected chi connectivity index (χ1v) is 7.32. The van der Waals surface area contributed by atoms with Crippen LogP contribution in [0.25, 0.3) is 16.9 Å². The van der Waals surface area contributed by atoms with Gasteiger partial charge in [-0.15, -0.1) is 11.6 Å². The van der Waals surface area contributed by atoms with E-state index in [2.05, 4.69) is 27.0 Å². The van der Waals surface area contributed by atoms with Gasteiger partial charge in [0.2, 0.25) is 0 Å². The van der Waals surface area contributed by atoms with Crippen molar-refractivity contribution in [2.45, 2.75) is 12.8 Å². The number of aryl methyl sites for hydroxylation is 1. The Bertz CT molecular complexity index is 792. The molecule has 0 N–H and O–H groups in total. The Kier molecular flexibility index (Phi) is 3.55. The molecule has 0 atom stereocenters. The highest BCUT2D eigenvalue weighted by molar-refractivity contribution is 6.17. The van der Waals surface area contributed by atoms with Crippen LogP contribution in [0.4, 0.5) is 5.69 Å². The molecular weight excluding hydrogens is 284 g/mol. The van der Waals surface area contributed by atoms with Crippen LogP contribution in [0, 0.1) is 6.92 Å². The van der Waals surface area contributed by atoms with Crippen LogP contribution in [0.3, 0.4) is 0 Å². The van der Waals surface area contributed by atoms with E-state index in [0.29, 0.717) is 5.88 Å². The van der Waals surface area contributed by atoms with Crippen LogP contribution in [0.5, 0.6) is 0 Å². The number of benzene rings is 1. The molecule has 3 aromatic rings. The number of halogens is 1. The molecule has 4 nitrogen and oxygen atoms in total. The first-order chi connectivity index (χ1) is 10.1. The summed E-state index contributed by atoms with van der Waals surface area (Å²) in [7, 11) is 4.05. The van der Waals surface area contributed by atoms with Gasteiger partial charge in [-0.25, -0.2) is 9.97 Å². The molecule has 0 saturated heterocycles. The van der Waals surface area contributed by atoms with Crippen molar-refractivity contribution >= 4 is 28.5 Å². The second kappa shape index (κ2) is 5.37. The summed E-state index contributed by atoms with van der Waals surface area (Å²) in [6.07, 6.45) is 1.81. The molecule has 0 amide bonds. The summed E-state index contributed by atoms with van der Waals surface area (Å²) in [6, 6.07) is 10.2. The number of nitrogens with zero attached hydrogens (tertiary/aromatic N) is 4. The number of imidazole rings is 1. The van der Waals surface area contributed by atoms with Crippen LogP contribution in [-0.4, -0.2) is 28.6 Å². The molecule has 0 radical (unpaired) electrons. The largest absolute Gasteiger partial charge is 0.378 e. The highest BCUT2D eigenvalue weighted by Crippen LogP contribution is 2.25. The number of hydrogen-bond acceptors (Lipinski definition) is 3. The van der Waals surface area contributed by atoms with Crippen molar-refractivity contribution in [1.29, 1.82) is 0 Å². The molecule has 0 spiro atoms. The van der Waals surface area contributed by atoms with Crippen molar-refractivity contribution < 1.29 is 0 Å². The van der Waals surface area contributed by atoms with Gasteiger partial charge in [0.15, 0.2) is 5.65 Å². The monoisotopic (exact) mass is 300 g/mol. The van der Waals surface area contributed by atoms with E-state index in [9.17, 15) is 0 Å². The molecule has 21 heavy (non-hydrogen) atoms. The molecule has 5 heteroatoms. The molecule has 3 rings (SSSR count). The summed E-state index contributed by atoms with van der Waals surface area (Å²) in [5.74, 6) is 1.16. The lowest BCUT2D eigenvalue weighted by atomic mass is 10.2. The maximum atomic E-state index is 6.09. The third-order valence-corrected chi connectivity index (χ3v) is 3.78. The van der Waals surface area contributed by atoms with Gasteiger partial charge in [0.25, 0.3) is 0 Å². The maximum absolute atomic E-state index is 6.09. The Labute approximate surface area is 129 Å². The molecule has 0 bridgehead atoms. The molecular formula is C16H17ClN4. The molecule has 0 saturated carbocycles. The van der Waals surface area contributed by atoms with Crippen molar-refractivity contribution in [3.63, 3.8) is 0 Å². The zero-order valence-electron chi connectivity index (χ0n) is 12.3. The van der Waals surface area contributed by atoms with E-state index < -0.39 is 0 Å². The third-order valence-electron chi connectivity index (χ3n) is 3.54. The van der Waals surface area contributed by atoms with Gasteiger partial charge >= 0.3 is 0 Å².